The molecule has 30 heavy (non-hydrogen) atoms. The molecule has 0 bridgehead atoms. The summed E-state index contributed by atoms with van der Waals surface area (Å²) in [5, 5.41) is 10.6. The summed E-state index contributed by atoms with van der Waals surface area (Å²) in [7, 11) is 0. The van der Waals surface area contributed by atoms with Gasteiger partial charge >= 0.3 is 5.97 Å². The lowest BCUT2D eigenvalue weighted by Crippen LogP contribution is -2.32. The van der Waals surface area contributed by atoms with Gasteiger partial charge in [0.05, 0.1) is 11.9 Å². The zero-order chi connectivity index (χ0) is 21.1. The van der Waals surface area contributed by atoms with Crippen LogP contribution in [0, 0.1) is 6.92 Å². The molecule has 1 aromatic carbocycles. The second-order valence-electron chi connectivity index (χ2n) is 6.60. The summed E-state index contributed by atoms with van der Waals surface area (Å²) in [6.07, 6.45) is 2.29. The summed E-state index contributed by atoms with van der Waals surface area (Å²) in [6.45, 7) is 3.45. The average molecular weight is 405 g/mol. The van der Waals surface area contributed by atoms with Crippen LogP contribution in [0.25, 0.3) is 16.9 Å². The number of carbonyl (C=O) groups is 2. The number of aromatic nitrogens is 4. The van der Waals surface area contributed by atoms with Gasteiger partial charge in [-0.05, 0) is 19.4 Å². The maximum absolute atomic E-state index is 12.8. The lowest BCUT2D eigenvalue weighted by molar-refractivity contribution is -0.124. The van der Waals surface area contributed by atoms with Gasteiger partial charge in [-0.3, -0.25) is 4.79 Å². The Morgan fingerprint density at radius 1 is 1.23 bits per heavy atom. The molecular formula is C21H19N5O4. The zero-order valence-electron chi connectivity index (χ0n) is 16.4. The minimum absolute atomic E-state index is 0.177. The highest BCUT2D eigenvalue weighted by atomic mass is 16.5. The smallest absolute Gasteiger partial charge is 0.344 e. The third kappa shape index (κ3) is 3.77. The van der Waals surface area contributed by atoms with Gasteiger partial charge in [0.1, 0.15) is 11.3 Å². The van der Waals surface area contributed by atoms with Crippen molar-refractivity contribution in [1.82, 2.24) is 19.8 Å². The summed E-state index contributed by atoms with van der Waals surface area (Å²) in [5.74, 6) is -0.353. The van der Waals surface area contributed by atoms with Gasteiger partial charge in [-0.15, -0.1) is 0 Å². The summed E-state index contributed by atoms with van der Waals surface area (Å²) in [6, 6.07) is 13.0. The highest BCUT2D eigenvalue weighted by Gasteiger charge is 2.25. The Labute approximate surface area is 171 Å². The molecule has 4 rings (SSSR count). The molecule has 0 aliphatic heterocycles. The SMILES string of the molecule is CCC(OC(=O)c1cnn2c(-c3ccccc3)ccnc12)C(=O)Nc1cc(C)on1. The number of fused-ring (bicyclic) bond motifs is 1. The number of nitrogens with zero attached hydrogens (tertiary/aromatic N) is 4. The minimum Gasteiger partial charge on any atom is -0.449 e. The number of esters is 1. The molecule has 9 nitrogen and oxygen atoms in total. The Balaban J connectivity index is 1.56. The van der Waals surface area contributed by atoms with E-state index < -0.39 is 18.0 Å². The third-order valence-corrected chi connectivity index (χ3v) is 4.48. The van der Waals surface area contributed by atoms with Crippen LogP contribution in [0.3, 0.4) is 0 Å². The fourth-order valence-electron chi connectivity index (χ4n) is 3.01. The van der Waals surface area contributed by atoms with Crippen molar-refractivity contribution < 1.29 is 18.8 Å². The van der Waals surface area contributed by atoms with Crippen molar-refractivity contribution in [3.8, 4) is 11.3 Å². The molecule has 152 valence electrons. The molecule has 3 aromatic heterocycles. The lowest BCUT2D eigenvalue weighted by atomic mass is 10.1. The van der Waals surface area contributed by atoms with Gasteiger partial charge in [0.25, 0.3) is 5.91 Å². The van der Waals surface area contributed by atoms with E-state index in [4.69, 9.17) is 9.26 Å². The number of hydrogen-bond acceptors (Lipinski definition) is 7. The van der Waals surface area contributed by atoms with Gasteiger partial charge in [0.15, 0.2) is 17.6 Å². The standard InChI is InChI=1S/C21H19N5O4/c1-3-17(20(27)24-18-11-13(2)30-25-18)29-21(28)15-12-23-26-16(9-10-22-19(15)26)14-7-5-4-6-8-14/h4-12,17H,3H2,1-2H3,(H,24,25,27). The Hall–Kier alpha value is -4.01. The van der Waals surface area contributed by atoms with E-state index in [2.05, 4.69) is 20.6 Å². The third-order valence-electron chi connectivity index (χ3n) is 4.48. The average Bonchev–Trinajstić information content (AvgIpc) is 3.38. The van der Waals surface area contributed by atoms with Crippen LogP contribution in [0.2, 0.25) is 0 Å². The molecule has 4 aromatic rings. The van der Waals surface area contributed by atoms with Gasteiger partial charge in [-0.2, -0.15) is 5.10 Å². The highest BCUT2D eigenvalue weighted by molar-refractivity contribution is 5.99. The Bertz CT molecular complexity index is 1200. The monoisotopic (exact) mass is 405 g/mol. The summed E-state index contributed by atoms with van der Waals surface area (Å²) >= 11 is 0. The van der Waals surface area contributed by atoms with E-state index in [1.807, 2.05) is 36.4 Å². The van der Waals surface area contributed by atoms with Crippen LogP contribution < -0.4 is 5.32 Å². The highest BCUT2D eigenvalue weighted by Crippen LogP contribution is 2.21. The topological polar surface area (TPSA) is 112 Å². The first-order valence-electron chi connectivity index (χ1n) is 9.40. The molecule has 9 heteroatoms. The Morgan fingerprint density at radius 2 is 2.03 bits per heavy atom. The van der Waals surface area contributed by atoms with Crippen molar-refractivity contribution in [2.75, 3.05) is 5.32 Å². The second kappa shape index (κ2) is 8.16. The van der Waals surface area contributed by atoms with E-state index in [1.165, 1.54) is 6.20 Å². The van der Waals surface area contributed by atoms with Gasteiger partial charge in [0.2, 0.25) is 0 Å². The molecule has 1 amide bonds. The van der Waals surface area contributed by atoms with Crippen LogP contribution in [0.5, 0.6) is 0 Å². The van der Waals surface area contributed by atoms with Crippen LogP contribution in [0.4, 0.5) is 5.82 Å². The number of rotatable bonds is 6. The molecular weight excluding hydrogens is 386 g/mol. The molecule has 0 aliphatic rings. The van der Waals surface area contributed by atoms with Crippen LogP contribution in [-0.4, -0.2) is 37.7 Å². The normalized spacial score (nSPS) is 11.9. The maximum Gasteiger partial charge on any atom is 0.344 e. The summed E-state index contributed by atoms with van der Waals surface area (Å²) in [4.78, 5) is 29.5. The Morgan fingerprint density at radius 3 is 2.73 bits per heavy atom. The van der Waals surface area contributed by atoms with Gasteiger partial charge in [0, 0.05) is 17.8 Å². The number of ether oxygens (including phenoxy) is 1. The molecule has 0 spiro atoms. The lowest BCUT2D eigenvalue weighted by Gasteiger charge is -2.14. The van der Waals surface area contributed by atoms with E-state index in [0.29, 0.717) is 11.4 Å². The molecule has 1 atom stereocenters. The summed E-state index contributed by atoms with van der Waals surface area (Å²) < 4.78 is 11.9. The first-order valence-corrected chi connectivity index (χ1v) is 9.40. The number of aryl methyl sites for hydroxylation is 1. The number of amides is 1. The predicted molar refractivity (Wildman–Crippen MR) is 108 cm³/mol. The zero-order valence-corrected chi connectivity index (χ0v) is 16.4. The van der Waals surface area contributed by atoms with Crippen LogP contribution >= 0.6 is 0 Å². The van der Waals surface area contributed by atoms with Crippen molar-refractivity contribution in [1.29, 1.82) is 0 Å². The largest absolute Gasteiger partial charge is 0.449 e. The van der Waals surface area contributed by atoms with Crippen molar-refractivity contribution in [3.05, 3.63) is 66.2 Å². The Kier molecular flexibility index (Phi) is 5.25. The molecule has 1 N–H and O–H groups in total. The number of anilines is 1. The predicted octanol–water partition coefficient (Wildman–Crippen LogP) is 3.27. The molecule has 0 saturated heterocycles. The molecule has 0 radical (unpaired) electrons. The quantitative estimate of drug-likeness (QED) is 0.490. The molecule has 1 unspecified atom stereocenters. The van der Waals surface area contributed by atoms with Gasteiger partial charge in [-0.25, -0.2) is 14.3 Å². The molecule has 0 fully saturated rings. The molecule has 0 aliphatic carbocycles. The molecule has 3 heterocycles. The number of benzene rings is 1. The fraction of sp³-hybridized carbons (Fsp3) is 0.190. The van der Waals surface area contributed by atoms with Gasteiger partial charge in [-0.1, -0.05) is 42.4 Å². The fourth-order valence-corrected chi connectivity index (χ4v) is 3.01. The molecule has 0 saturated carbocycles. The van der Waals surface area contributed by atoms with E-state index in [1.54, 1.807) is 30.6 Å². The van der Waals surface area contributed by atoms with E-state index >= 15 is 0 Å². The van der Waals surface area contributed by atoms with Crippen molar-refractivity contribution in [3.63, 3.8) is 0 Å². The number of hydrogen-bond donors (Lipinski definition) is 1. The van der Waals surface area contributed by atoms with Crippen molar-refractivity contribution >= 4 is 23.3 Å². The van der Waals surface area contributed by atoms with Crippen molar-refractivity contribution in [2.24, 2.45) is 0 Å². The van der Waals surface area contributed by atoms with E-state index in [9.17, 15) is 9.59 Å². The maximum atomic E-state index is 12.8. The first-order chi connectivity index (χ1) is 14.6. The van der Waals surface area contributed by atoms with E-state index in [0.717, 1.165) is 11.3 Å². The van der Waals surface area contributed by atoms with Crippen molar-refractivity contribution in [2.45, 2.75) is 26.4 Å². The second-order valence-corrected chi connectivity index (χ2v) is 6.60. The van der Waals surface area contributed by atoms with E-state index in [-0.39, 0.29) is 17.8 Å². The summed E-state index contributed by atoms with van der Waals surface area (Å²) in [5.41, 5.74) is 2.24. The number of nitrogens with one attached hydrogen (secondary N) is 1. The first kappa shape index (κ1) is 19.3. The van der Waals surface area contributed by atoms with Crippen LogP contribution in [0.15, 0.2) is 59.4 Å². The van der Waals surface area contributed by atoms with Gasteiger partial charge < -0.3 is 14.6 Å². The van der Waals surface area contributed by atoms with Crippen LogP contribution in [-0.2, 0) is 9.53 Å². The minimum atomic E-state index is -0.998. The van der Waals surface area contributed by atoms with Crippen LogP contribution in [0.1, 0.15) is 29.5 Å². The number of carbonyl (C=O) groups excluding carboxylic acids is 2.